The maximum Gasteiger partial charge on any atom is 0.233 e. The Bertz CT molecular complexity index is 1020. The number of benzene rings is 2. The molecule has 4 aromatic rings. The van der Waals surface area contributed by atoms with Crippen LogP contribution in [-0.2, 0) is 0 Å². The van der Waals surface area contributed by atoms with Crippen LogP contribution in [0.2, 0.25) is 5.02 Å². The molecule has 0 aliphatic carbocycles. The second-order valence-electron chi connectivity index (χ2n) is 5.01. The third kappa shape index (κ3) is 2.68. The molecule has 0 spiro atoms. The zero-order valence-electron chi connectivity index (χ0n) is 12.2. The maximum absolute atomic E-state index is 13.3. The van der Waals surface area contributed by atoms with Gasteiger partial charge in [0.05, 0.1) is 11.9 Å². The molecule has 0 bridgehead atoms. The van der Waals surface area contributed by atoms with E-state index in [0.29, 0.717) is 27.7 Å². The van der Waals surface area contributed by atoms with Crippen molar-refractivity contribution in [3.8, 4) is 17.3 Å². The third-order valence-corrected chi connectivity index (χ3v) is 3.66. The Balaban J connectivity index is 1.77. The molecular formula is C17H10ClFN4O. The molecule has 2 aromatic heterocycles. The van der Waals surface area contributed by atoms with Gasteiger partial charge in [0.2, 0.25) is 5.88 Å². The van der Waals surface area contributed by atoms with Crippen LogP contribution in [0, 0.1) is 5.82 Å². The van der Waals surface area contributed by atoms with E-state index in [-0.39, 0.29) is 5.82 Å². The van der Waals surface area contributed by atoms with Gasteiger partial charge in [0, 0.05) is 11.1 Å². The minimum Gasteiger partial charge on any atom is -0.438 e. The number of hydrogen-bond donors (Lipinski definition) is 0. The second-order valence-corrected chi connectivity index (χ2v) is 5.44. The molecule has 0 radical (unpaired) electrons. The number of aromatic nitrogens is 4. The quantitative estimate of drug-likeness (QED) is 0.554. The van der Waals surface area contributed by atoms with E-state index in [2.05, 4.69) is 15.1 Å². The summed E-state index contributed by atoms with van der Waals surface area (Å²) in [5.74, 6) is 0.287. The summed E-state index contributed by atoms with van der Waals surface area (Å²) in [4.78, 5) is 8.38. The molecule has 118 valence electrons. The molecular weight excluding hydrogens is 331 g/mol. The van der Waals surface area contributed by atoms with Crippen LogP contribution in [0.15, 0.2) is 61.1 Å². The fourth-order valence-corrected chi connectivity index (χ4v) is 2.44. The van der Waals surface area contributed by atoms with Gasteiger partial charge in [-0.2, -0.15) is 5.10 Å². The van der Waals surface area contributed by atoms with Crippen LogP contribution in [-0.4, -0.2) is 19.7 Å². The highest BCUT2D eigenvalue weighted by Gasteiger charge is 2.13. The molecule has 0 saturated heterocycles. The van der Waals surface area contributed by atoms with Crippen LogP contribution in [0.25, 0.3) is 16.7 Å². The largest absolute Gasteiger partial charge is 0.438 e. The van der Waals surface area contributed by atoms with Crippen molar-refractivity contribution in [3.63, 3.8) is 0 Å². The maximum atomic E-state index is 13.3. The molecule has 0 aliphatic rings. The Morgan fingerprint density at radius 3 is 2.67 bits per heavy atom. The topological polar surface area (TPSA) is 52.8 Å². The fraction of sp³-hybridized carbons (Fsp3) is 0. The van der Waals surface area contributed by atoms with Crippen molar-refractivity contribution in [3.05, 3.63) is 71.9 Å². The number of fused-ring (bicyclic) bond motifs is 1. The number of rotatable bonds is 3. The van der Waals surface area contributed by atoms with Gasteiger partial charge in [-0.25, -0.2) is 19.0 Å². The molecule has 2 aromatic carbocycles. The summed E-state index contributed by atoms with van der Waals surface area (Å²) in [6, 6.07) is 13.1. The monoisotopic (exact) mass is 340 g/mol. The number of nitrogens with zero attached hydrogens (tertiary/aromatic N) is 4. The van der Waals surface area contributed by atoms with Crippen LogP contribution < -0.4 is 4.74 Å². The predicted octanol–water partition coefficient (Wildman–Crippen LogP) is 4.40. The van der Waals surface area contributed by atoms with E-state index in [1.54, 1.807) is 35.1 Å². The van der Waals surface area contributed by atoms with Gasteiger partial charge in [0.15, 0.2) is 5.65 Å². The van der Waals surface area contributed by atoms with Crippen molar-refractivity contribution >= 4 is 22.6 Å². The standard InChI is InChI=1S/C17H10ClFN4O/c18-11-4-6-13(7-5-11)23-16-15(9-22-23)17(21-10-20-16)24-14-3-1-2-12(19)8-14/h1-10H. The van der Waals surface area contributed by atoms with Crippen LogP contribution in [0.1, 0.15) is 0 Å². The highest BCUT2D eigenvalue weighted by Crippen LogP contribution is 2.28. The van der Waals surface area contributed by atoms with E-state index < -0.39 is 0 Å². The van der Waals surface area contributed by atoms with Crippen molar-refractivity contribution in [1.82, 2.24) is 19.7 Å². The summed E-state index contributed by atoms with van der Waals surface area (Å²) in [5, 5.41) is 5.59. The van der Waals surface area contributed by atoms with E-state index in [1.165, 1.54) is 18.5 Å². The summed E-state index contributed by atoms with van der Waals surface area (Å²) in [5.41, 5.74) is 1.39. The van der Waals surface area contributed by atoms with E-state index in [4.69, 9.17) is 16.3 Å². The zero-order chi connectivity index (χ0) is 16.5. The Kier molecular flexibility index (Phi) is 3.59. The molecule has 0 atom stereocenters. The van der Waals surface area contributed by atoms with Crippen molar-refractivity contribution < 1.29 is 9.13 Å². The fourth-order valence-electron chi connectivity index (χ4n) is 2.32. The predicted molar refractivity (Wildman–Crippen MR) is 88.1 cm³/mol. The smallest absolute Gasteiger partial charge is 0.233 e. The summed E-state index contributed by atoms with van der Waals surface area (Å²) in [7, 11) is 0. The van der Waals surface area contributed by atoms with Crippen LogP contribution in [0.5, 0.6) is 11.6 Å². The average molecular weight is 341 g/mol. The Hall–Kier alpha value is -2.99. The normalized spacial score (nSPS) is 10.9. The molecule has 0 unspecified atom stereocenters. The van der Waals surface area contributed by atoms with E-state index in [9.17, 15) is 4.39 Å². The molecule has 7 heteroatoms. The summed E-state index contributed by atoms with van der Waals surface area (Å²) < 4.78 is 20.6. The first-order chi connectivity index (χ1) is 11.7. The molecule has 24 heavy (non-hydrogen) atoms. The van der Waals surface area contributed by atoms with E-state index in [1.807, 2.05) is 12.1 Å². The summed E-state index contributed by atoms with van der Waals surface area (Å²) >= 11 is 5.91. The van der Waals surface area contributed by atoms with Gasteiger partial charge >= 0.3 is 0 Å². The molecule has 2 heterocycles. The molecule has 0 aliphatic heterocycles. The van der Waals surface area contributed by atoms with Crippen LogP contribution >= 0.6 is 11.6 Å². The van der Waals surface area contributed by atoms with Gasteiger partial charge < -0.3 is 4.74 Å². The highest BCUT2D eigenvalue weighted by atomic mass is 35.5. The summed E-state index contributed by atoms with van der Waals surface area (Å²) in [6.45, 7) is 0. The molecule has 0 N–H and O–H groups in total. The second kappa shape index (κ2) is 5.90. The van der Waals surface area contributed by atoms with E-state index >= 15 is 0 Å². The number of hydrogen-bond acceptors (Lipinski definition) is 4. The SMILES string of the molecule is Fc1cccc(Oc2ncnc3c2cnn3-c2ccc(Cl)cc2)c1. The van der Waals surface area contributed by atoms with Crippen LogP contribution in [0.3, 0.4) is 0 Å². The lowest BCUT2D eigenvalue weighted by atomic mass is 10.3. The summed E-state index contributed by atoms with van der Waals surface area (Å²) in [6.07, 6.45) is 2.99. The molecule has 0 saturated carbocycles. The average Bonchev–Trinajstić information content (AvgIpc) is 3.01. The third-order valence-electron chi connectivity index (χ3n) is 3.41. The number of ether oxygens (including phenoxy) is 1. The van der Waals surface area contributed by atoms with Gasteiger partial charge in [0.1, 0.15) is 23.3 Å². The van der Waals surface area contributed by atoms with Gasteiger partial charge in [-0.05, 0) is 36.4 Å². The van der Waals surface area contributed by atoms with Crippen molar-refractivity contribution in [1.29, 1.82) is 0 Å². The molecule has 0 amide bonds. The highest BCUT2D eigenvalue weighted by molar-refractivity contribution is 6.30. The van der Waals surface area contributed by atoms with Gasteiger partial charge in [0.25, 0.3) is 0 Å². The lowest BCUT2D eigenvalue weighted by Gasteiger charge is -2.06. The van der Waals surface area contributed by atoms with Crippen LogP contribution in [0.4, 0.5) is 4.39 Å². The minimum atomic E-state index is -0.380. The first-order valence-electron chi connectivity index (χ1n) is 7.09. The zero-order valence-corrected chi connectivity index (χ0v) is 13.0. The van der Waals surface area contributed by atoms with Gasteiger partial charge in [-0.1, -0.05) is 17.7 Å². The minimum absolute atomic E-state index is 0.311. The Morgan fingerprint density at radius 2 is 1.88 bits per heavy atom. The Morgan fingerprint density at radius 1 is 1.04 bits per heavy atom. The van der Waals surface area contributed by atoms with Crippen molar-refractivity contribution in [2.75, 3.05) is 0 Å². The van der Waals surface area contributed by atoms with Gasteiger partial charge in [-0.3, -0.25) is 0 Å². The Labute approximate surface area is 141 Å². The van der Waals surface area contributed by atoms with Crippen molar-refractivity contribution in [2.45, 2.75) is 0 Å². The molecule has 4 rings (SSSR count). The first-order valence-corrected chi connectivity index (χ1v) is 7.46. The van der Waals surface area contributed by atoms with Gasteiger partial charge in [-0.15, -0.1) is 0 Å². The lowest BCUT2D eigenvalue weighted by Crippen LogP contribution is -1.98. The molecule has 0 fully saturated rings. The lowest BCUT2D eigenvalue weighted by molar-refractivity contribution is 0.463. The first kappa shape index (κ1) is 14.6. The van der Waals surface area contributed by atoms with Crippen molar-refractivity contribution in [2.24, 2.45) is 0 Å². The van der Waals surface area contributed by atoms with E-state index in [0.717, 1.165) is 5.69 Å². The number of halogens is 2. The molecule has 5 nitrogen and oxygen atoms in total.